The van der Waals surface area contributed by atoms with Gasteiger partial charge in [-0.2, -0.15) is 0 Å². The summed E-state index contributed by atoms with van der Waals surface area (Å²) in [4.78, 5) is 12.2. The van der Waals surface area contributed by atoms with Crippen molar-refractivity contribution in [2.75, 3.05) is 0 Å². The molecule has 0 aromatic rings. The van der Waals surface area contributed by atoms with Gasteiger partial charge in [-0.3, -0.25) is 4.79 Å². The Morgan fingerprint density at radius 1 is 1.30 bits per heavy atom. The van der Waals surface area contributed by atoms with E-state index in [1.165, 1.54) is 6.08 Å². The largest absolute Gasteiger partial charge is 0.428 e. The predicted molar refractivity (Wildman–Crippen MR) is 72.3 cm³/mol. The minimum absolute atomic E-state index is 0.110. The van der Waals surface area contributed by atoms with Crippen molar-refractivity contribution in [3.05, 3.63) is 48.8 Å². The van der Waals surface area contributed by atoms with E-state index in [1.54, 1.807) is 24.3 Å². The minimum atomic E-state index is -1.65. The van der Waals surface area contributed by atoms with Gasteiger partial charge >= 0.3 is 5.97 Å². The van der Waals surface area contributed by atoms with Crippen molar-refractivity contribution in [1.82, 2.24) is 0 Å². The molecule has 0 radical (unpaired) electrons. The van der Waals surface area contributed by atoms with E-state index in [1.807, 2.05) is 13.0 Å². The molecule has 0 saturated carbocycles. The summed E-state index contributed by atoms with van der Waals surface area (Å²) in [5.74, 6) is -1.49. The van der Waals surface area contributed by atoms with Crippen LogP contribution < -0.4 is 0 Å². The van der Waals surface area contributed by atoms with Gasteiger partial charge < -0.3 is 20.1 Å². The van der Waals surface area contributed by atoms with Crippen LogP contribution in [-0.2, 0) is 9.53 Å². The molecule has 0 amide bonds. The fourth-order valence-corrected chi connectivity index (χ4v) is 2.74. The van der Waals surface area contributed by atoms with E-state index >= 15 is 0 Å². The van der Waals surface area contributed by atoms with Gasteiger partial charge in [0.2, 0.25) is 0 Å². The lowest BCUT2D eigenvalue weighted by atomic mass is 9.63. The van der Waals surface area contributed by atoms with Crippen LogP contribution in [0.25, 0.3) is 0 Å². The van der Waals surface area contributed by atoms with Crippen LogP contribution in [0.3, 0.4) is 0 Å². The molecular formula is C15H18O5. The van der Waals surface area contributed by atoms with Crippen molar-refractivity contribution >= 4 is 5.97 Å². The quantitative estimate of drug-likeness (QED) is 0.388. The zero-order chi connectivity index (χ0) is 14.9. The van der Waals surface area contributed by atoms with Crippen molar-refractivity contribution in [1.29, 1.82) is 0 Å². The maximum Gasteiger partial charge on any atom is 0.324 e. The highest BCUT2D eigenvalue weighted by atomic mass is 16.6. The molecule has 1 aliphatic heterocycles. The van der Waals surface area contributed by atoms with Crippen LogP contribution >= 0.6 is 0 Å². The normalized spacial score (nSPS) is 41.2. The summed E-state index contributed by atoms with van der Waals surface area (Å²) in [6, 6.07) is 0. The highest BCUT2D eigenvalue weighted by molar-refractivity contribution is 5.84. The van der Waals surface area contributed by atoms with Crippen LogP contribution in [0.4, 0.5) is 0 Å². The van der Waals surface area contributed by atoms with Gasteiger partial charge in [0.1, 0.15) is 23.4 Å². The zero-order valence-corrected chi connectivity index (χ0v) is 11.1. The molecular weight excluding hydrogens is 260 g/mol. The average Bonchev–Trinajstić information content (AvgIpc) is 2.63. The second-order valence-corrected chi connectivity index (χ2v) is 4.95. The van der Waals surface area contributed by atoms with E-state index in [2.05, 4.69) is 6.58 Å². The molecule has 1 heterocycles. The first-order valence-corrected chi connectivity index (χ1v) is 6.39. The number of aliphatic hydroxyl groups excluding tert-OH is 3. The van der Waals surface area contributed by atoms with Crippen molar-refractivity contribution < 1.29 is 24.9 Å². The van der Waals surface area contributed by atoms with E-state index < -0.39 is 35.6 Å². The molecule has 0 aromatic heterocycles. The van der Waals surface area contributed by atoms with Gasteiger partial charge in [0.05, 0.1) is 6.10 Å². The molecule has 108 valence electrons. The van der Waals surface area contributed by atoms with Crippen LogP contribution in [0.1, 0.15) is 6.92 Å². The molecule has 5 heteroatoms. The summed E-state index contributed by atoms with van der Waals surface area (Å²) in [6.45, 7) is 5.32. The highest BCUT2D eigenvalue weighted by Crippen LogP contribution is 2.49. The molecule has 5 nitrogen and oxygen atoms in total. The SMILES string of the molecule is C=C1OC(=O)[C@@]2([C@H](/C=C/C=C/C)C=C[C@H](O)[C@@H]2O)[C@H]1O. The Labute approximate surface area is 117 Å². The Balaban J connectivity index is 2.51. The number of rotatable bonds is 2. The van der Waals surface area contributed by atoms with Gasteiger partial charge in [-0.25, -0.2) is 0 Å². The summed E-state index contributed by atoms with van der Waals surface area (Å²) >= 11 is 0. The smallest absolute Gasteiger partial charge is 0.324 e. The Hall–Kier alpha value is -1.69. The summed E-state index contributed by atoms with van der Waals surface area (Å²) in [5.41, 5.74) is -1.65. The van der Waals surface area contributed by atoms with Gasteiger partial charge in [-0.1, -0.05) is 43.0 Å². The van der Waals surface area contributed by atoms with Gasteiger partial charge in [0, 0.05) is 5.92 Å². The molecule has 0 aromatic carbocycles. The van der Waals surface area contributed by atoms with E-state index in [4.69, 9.17) is 4.74 Å². The van der Waals surface area contributed by atoms with Gasteiger partial charge in [0.25, 0.3) is 0 Å². The number of cyclic esters (lactones) is 1. The zero-order valence-electron chi connectivity index (χ0n) is 11.1. The lowest BCUT2D eigenvalue weighted by Crippen LogP contribution is -2.57. The van der Waals surface area contributed by atoms with Gasteiger partial charge in [-0.05, 0) is 6.92 Å². The highest BCUT2D eigenvalue weighted by Gasteiger charge is 2.64. The topological polar surface area (TPSA) is 87.0 Å². The maximum absolute atomic E-state index is 12.2. The molecule has 0 unspecified atom stereocenters. The second-order valence-electron chi connectivity index (χ2n) is 4.95. The Morgan fingerprint density at radius 2 is 2.00 bits per heavy atom. The third-order valence-corrected chi connectivity index (χ3v) is 3.84. The number of hydrogen-bond acceptors (Lipinski definition) is 5. The Morgan fingerprint density at radius 3 is 2.55 bits per heavy atom. The van der Waals surface area contributed by atoms with Crippen molar-refractivity contribution in [2.45, 2.75) is 25.2 Å². The minimum Gasteiger partial charge on any atom is -0.428 e. The lowest BCUT2D eigenvalue weighted by Gasteiger charge is -2.41. The van der Waals surface area contributed by atoms with Gasteiger partial charge in [0.15, 0.2) is 0 Å². The predicted octanol–water partition coefficient (Wildman–Crippen LogP) is 0.444. The fourth-order valence-electron chi connectivity index (χ4n) is 2.74. The van der Waals surface area contributed by atoms with Crippen molar-refractivity contribution in [3.8, 4) is 0 Å². The van der Waals surface area contributed by atoms with E-state index in [0.717, 1.165) is 0 Å². The van der Waals surface area contributed by atoms with E-state index in [0.29, 0.717) is 0 Å². The van der Waals surface area contributed by atoms with Gasteiger partial charge in [-0.15, -0.1) is 0 Å². The molecule has 2 rings (SSSR count). The second kappa shape index (κ2) is 5.36. The van der Waals surface area contributed by atoms with Crippen LogP contribution in [-0.4, -0.2) is 39.6 Å². The summed E-state index contributed by atoms with van der Waals surface area (Å²) < 4.78 is 4.88. The van der Waals surface area contributed by atoms with Crippen LogP contribution in [0.15, 0.2) is 48.8 Å². The first-order chi connectivity index (χ1) is 9.46. The number of allylic oxidation sites excluding steroid dienone is 5. The first-order valence-electron chi connectivity index (χ1n) is 6.39. The molecule has 0 bridgehead atoms. The number of ether oxygens (including phenoxy) is 1. The molecule has 1 saturated heterocycles. The number of hydrogen-bond donors (Lipinski definition) is 3. The lowest BCUT2D eigenvalue weighted by molar-refractivity contribution is -0.164. The fraction of sp³-hybridized carbons (Fsp3) is 0.400. The summed E-state index contributed by atoms with van der Waals surface area (Å²) in [6.07, 6.45) is 5.87. The number of esters is 1. The first kappa shape index (κ1) is 14.7. The van der Waals surface area contributed by atoms with E-state index in [9.17, 15) is 20.1 Å². The summed E-state index contributed by atoms with van der Waals surface area (Å²) in [7, 11) is 0. The Bertz CT molecular complexity index is 504. The number of carbonyl (C=O) groups excluding carboxylic acids is 1. The van der Waals surface area contributed by atoms with E-state index in [-0.39, 0.29) is 5.76 Å². The average molecular weight is 278 g/mol. The molecule has 3 N–H and O–H groups in total. The van der Waals surface area contributed by atoms with Crippen LogP contribution in [0.2, 0.25) is 0 Å². The Kier molecular flexibility index (Phi) is 3.94. The van der Waals surface area contributed by atoms with Crippen LogP contribution in [0, 0.1) is 11.3 Å². The number of carbonyl (C=O) groups is 1. The molecule has 1 aliphatic carbocycles. The van der Waals surface area contributed by atoms with Crippen LogP contribution in [0.5, 0.6) is 0 Å². The third kappa shape index (κ3) is 1.95. The molecule has 1 spiro atoms. The summed E-state index contributed by atoms with van der Waals surface area (Å²) in [5, 5.41) is 30.3. The molecule has 1 fully saturated rings. The number of aliphatic hydroxyl groups is 3. The monoisotopic (exact) mass is 278 g/mol. The van der Waals surface area contributed by atoms with Crippen molar-refractivity contribution in [2.24, 2.45) is 11.3 Å². The molecule has 20 heavy (non-hydrogen) atoms. The molecule has 5 atom stereocenters. The van der Waals surface area contributed by atoms with Crippen molar-refractivity contribution in [3.63, 3.8) is 0 Å². The maximum atomic E-state index is 12.2. The third-order valence-electron chi connectivity index (χ3n) is 3.84. The standard InChI is InChI=1S/C15H18O5/c1-3-4-5-6-10-7-8-11(16)13(18)15(10)12(17)9(2)20-14(15)19/h3-8,10-13,16-18H,2H2,1H3/b4-3+,6-5+/t10-,11+,12+,13+,15+/m1/s1. The molecule has 2 aliphatic rings.